The summed E-state index contributed by atoms with van der Waals surface area (Å²) >= 11 is 7.28. The molecule has 0 aliphatic carbocycles. The van der Waals surface area contributed by atoms with Crippen LogP contribution in [0.4, 0.5) is 0 Å². The number of carbonyl (C=O) groups is 1. The molecule has 0 radical (unpaired) electrons. The number of fused-ring (bicyclic) bond motifs is 1. The van der Waals surface area contributed by atoms with Crippen molar-refractivity contribution in [2.75, 3.05) is 20.3 Å². The van der Waals surface area contributed by atoms with Crippen LogP contribution in [-0.2, 0) is 9.53 Å². The van der Waals surface area contributed by atoms with Crippen LogP contribution in [0.3, 0.4) is 0 Å². The van der Waals surface area contributed by atoms with Gasteiger partial charge in [-0.1, -0.05) is 23.4 Å². The molecule has 6 nitrogen and oxygen atoms in total. The Morgan fingerprint density at radius 3 is 2.76 bits per heavy atom. The number of aromatic nitrogens is 2. The highest BCUT2D eigenvalue weighted by molar-refractivity contribution is 8.00. The van der Waals surface area contributed by atoms with Crippen LogP contribution in [-0.4, -0.2) is 41.0 Å². The summed E-state index contributed by atoms with van der Waals surface area (Å²) in [5, 5.41) is 3.93. The van der Waals surface area contributed by atoms with E-state index in [-0.39, 0.29) is 17.5 Å². The molecule has 1 N–H and O–H groups in total. The zero-order chi connectivity index (χ0) is 18.6. The standard InChI is InChI=1S/C17H22ClN3O3S/c1-10(2)21-16(23)13-6-5-12(18)9-14(13)20-17(21)25-11(3)15(22)19-7-8-24-4/h5-6,9-11H,7-8H2,1-4H3,(H,19,22)/t11-/m0/s1. The van der Waals surface area contributed by atoms with Crippen LogP contribution in [0.1, 0.15) is 26.8 Å². The molecule has 0 aliphatic rings. The van der Waals surface area contributed by atoms with Crippen LogP contribution in [0.5, 0.6) is 0 Å². The molecule has 0 unspecified atom stereocenters. The normalized spacial score (nSPS) is 12.6. The molecule has 25 heavy (non-hydrogen) atoms. The average Bonchev–Trinajstić information content (AvgIpc) is 2.54. The lowest BCUT2D eigenvalue weighted by atomic mass is 10.2. The van der Waals surface area contributed by atoms with Crippen LogP contribution in [0.15, 0.2) is 28.2 Å². The lowest BCUT2D eigenvalue weighted by molar-refractivity contribution is -0.120. The Hall–Kier alpha value is -1.57. The fourth-order valence-corrected chi connectivity index (χ4v) is 3.55. The Balaban J connectivity index is 2.37. The number of hydrogen-bond donors (Lipinski definition) is 1. The van der Waals surface area contributed by atoms with E-state index in [1.165, 1.54) is 11.8 Å². The fourth-order valence-electron chi connectivity index (χ4n) is 2.32. The monoisotopic (exact) mass is 383 g/mol. The van der Waals surface area contributed by atoms with Crippen molar-refractivity contribution in [2.45, 2.75) is 37.2 Å². The van der Waals surface area contributed by atoms with Crippen LogP contribution in [0.25, 0.3) is 10.9 Å². The third kappa shape index (κ3) is 4.74. The maximum absolute atomic E-state index is 12.8. The van der Waals surface area contributed by atoms with Gasteiger partial charge in [-0.05, 0) is 39.0 Å². The van der Waals surface area contributed by atoms with E-state index in [4.69, 9.17) is 16.3 Å². The third-order valence-corrected chi connectivity index (χ3v) is 4.91. The van der Waals surface area contributed by atoms with Gasteiger partial charge in [0.05, 0.1) is 22.8 Å². The Kier molecular flexibility index (Phi) is 6.87. The van der Waals surface area contributed by atoms with Gasteiger partial charge >= 0.3 is 0 Å². The summed E-state index contributed by atoms with van der Waals surface area (Å²) < 4.78 is 6.54. The van der Waals surface area contributed by atoms with Gasteiger partial charge < -0.3 is 10.1 Å². The summed E-state index contributed by atoms with van der Waals surface area (Å²) in [5.41, 5.74) is 0.398. The number of hydrogen-bond acceptors (Lipinski definition) is 5. The van der Waals surface area contributed by atoms with Crippen molar-refractivity contribution in [1.29, 1.82) is 0 Å². The molecule has 1 aromatic heterocycles. The highest BCUT2D eigenvalue weighted by Crippen LogP contribution is 2.25. The number of rotatable bonds is 7. The summed E-state index contributed by atoms with van der Waals surface area (Å²) in [7, 11) is 1.58. The van der Waals surface area contributed by atoms with Crippen molar-refractivity contribution in [3.63, 3.8) is 0 Å². The molecule has 0 fully saturated rings. The Morgan fingerprint density at radius 2 is 2.12 bits per heavy atom. The Labute approximate surface area is 155 Å². The number of ether oxygens (including phenoxy) is 1. The highest BCUT2D eigenvalue weighted by atomic mass is 35.5. The zero-order valence-corrected chi connectivity index (χ0v) is 16.3. The van der Waals surface area contributed by atoms with E-state index in [0.717, 1.165) is 0 Å². The van der Waals surface area contributed by atoms with E-state index >= 15 is 0 Å². The van der Waals surface area contributed by atoms with Gasteiger partial charge in [-0.3, -0.25) is 14.2 Å². The van der Waals surface area contributed by atoms with Crippen molar-refractivity contribution >= 4 is 40.2 Å². The topological polar surface area (TPSA) is 73.2 Å². The minimum absolute atomic E-state index is 0.0775. The quantitative estimate of drug-likeness (QED) is 0.452. The van der Waals surface area contributed by atoms with E-state index in [1.807, 2.05) is 13.8 Å². The second kappa shape index (κ2) is 8.69. The van der Waals surface area contributed by atoms with E-state index in [1.54, 1.807) is 36.8 Å². The lowest BCUT2D eigenvalue weighted by Gasteiger charge is -2.18. The largest absolute Gasteiger partial charge is 0.383 e. The van der Waals surface area contributed by atoms with Gasteiger partial charge in [0, 0.05) is 24.7 Å². The molecule has 136 valence electrons. The highest BCUT2D eigenvalue weighted by Gasteiger charge is 2.20. The van der Waals surface area contributed by atoms with Crippen LogP contribution in [0.2, 0.25) is 5.02 Å². The first-order valence-electron chi connectivity index (χ1n) is 8.00. The second-order valence-corrected chi connectivity index (χ2v) is 7.61. The smallest absolute Gasteiger partial charge is 0.262 e. The van der Waals surface area contributed by atoms with Gasteiger partial charge in [-0.15, -0.1) is 0 Å². The van der Waals surface area contributed by atoms with Gasteiger partial charge in [-0.25, -0.2) is 4.98 Å². The third-order valence-electron chi connectivity index (χ3n) is 3.60. The van der Waals surface area contributed by atoms with Crippen molar-refractivity contribution < 1.29 is 9.53 Å². The number of nitrogens with zero attached hydrogens (tertiary/aromatic N) is 2. The molecular formula is C17H22ClN3O3S. The molecule has 0 saturated heterocycles. The van der Waals surface area contributed by atoms with Gasteiger partial charge in [0.2, 0.25) is 5.91 Å². The molecular weight excluding hydrogens is 362 g/mol. The molecule has 0 saturated carbocycles. The summed E-state index contributed by atoms with van der Waals surface area (Å²) in [6, 6.07) is 4.94. The summed E-state index contributed by atoms with van der Waals surface area (Å²) in [4.78, 5) is 29.6. The first-order chi connectivity index (χ1) is 11.8. The zero-order valence-electron chi connectivity index (χ0n) is 14.7. The number of benzene rings is 1. The molecule has 0 spiro atoms. The van der Waals surface area contributed by atoms with Crippen molar-refractivity contribution in [3.05, 3.63) is 33.6 Å². The number of nitrogens with one attached hydrogen (secondary N) is 1. The van der Waals surface area contributed by atoms with Gasteiger partial charge in [-0.2, -0.15) is 0 Å². The summed E-state index contributed by atoms with van der Waals surface area (Å²) in [6.07, 6.45) is 0. The van der Waals surface area contributed by atoms with E-state index in [9.17, 15) is 9.59 Å². The molecule has 2 rings (SSSR count). The number of amides is 1. The van der Waals surface area contributed by atoms with Crippen molar-refractivity contribution in [2.24, 2.45) is 0 Å². The predicted octanol–water partition coefficient (Wildman–Crippen LogP) is 2.87. The first kappa shape index (κ1) is 19.8. The molecule has 8 heteroatoms. The predicted molar refractivity (Wildman–Crippen MR) is 102 cm³/mol. The van der Waals surface area contributed by atoms with E-state index < -0.39 is 5.25 Å². The van der Waals surface area contributed by atoms with Crippen molar-refractivity contribution in [1.82, 2.24) is 14.9 Å². The van der Waals surface area contributed by atoms with E-state index in [0.29, 0.717) is 34.2 Å². The maximum atomic E-state index is 12.8. The molecule has 1 heterocycles. The maximum Gasteiger partial charge on any atom is 0.262 e. The SMILES string of the molecule is COCCNC(=O)[C@H](C)Sc1nc2cc(Cl)ccc2c(=O)n1C(C)C. The molecule has 0 aliphatic heterocycles. The van der Waals surface area contributed by atoms with Crippen LogP contribution < -0.4 is 10.9 Å². The minimum Gasteiger partial charge on any atom is -0.383 e. The van der Waals surface area contributed by atoms with Crippen LogP contribution in [0, 0.1) is 0 Å². The lowest BCUT2D eigenvalue weighted by Crippen LogP contribution is -2.34. The molecule has 2 aromatic rings. The fraction of sp³-hybridized carbons (Fsp3) is 0.471. The molecule has 1 aromatic carbocycles. The molecule has 1 atom stereocenters. The van der Waals surface area contributed by atoms with Gasteiger partial charge in [0.1, 0.15) is 0 Å². The van der Waals surface area contributed by atoms with Crippen LogP contribution >= 0.6 is 23.4 Å². The van der Waals surface area contributed by atoms with E-state index in [2.05, 4.69) is 10.3 Å². The number of carbonyl (C=O) groups excluding carboxylic acids is 1. The Bertz CT molecular complexity index is 823. The summed E-state index contributed by atoms with van der Waals surface area (Å²) in [5.74, 6) is -0.127. The average molecular weight is 384 g/mol. The van der Waals surface area contributed by atoms with Gasteiger partial charge in [0.25, 0.3) is 5.56 Å². The number of halogens is 1. The second-order valence-electron chi connectivity index (χ2n) is 5.87. The molecule has 0 bridgehead atoms. The molecule has 1 amide bonds. The Morgan fingerprint density at radius 1 is 1.40 bits per heavy atom. The number of methoxy groups -OCH3 is 1. The van der Waals surface area contributed by atoms with Crippen molar-refractivity contribution in [3.8, 4) is 0 Å². The summed E-state index contributed by atoms with van der Waals surface area (Å²) in [6.45, 7) is 6.51. The van der Waals surface area contributed by atoms with Gasteiger partial charge in [0.15, 0.2) is 5.16 Å². The number of thioether (sulfide) groups is 1. The first-order valence-corrected chi connectivity index (χ1v) is 9.26. The minimum atomic E-state index is -0.398.